The number of fused-ring (bicyclic) bond motifs is 1. The van der Waals surface area contributed by atoms with Crippen molar-refractivity contribution in [2.45, 2.75) is 20.4 Å². The van der Waals surface area contributed by atoms with Gasteiger partial charge in [0.15, 0.2) is 0 Å². The summed E-state index contributed by atoms with van der Waals surface area (Å²) in [6, 6.07) is 19.6. The van der Waals surface area contributed by atoms with Crippen molar-refractivity contribution in [3.05, 3.63) is 94.7 Å². The maximum absolute atomic E-state index is 12.5. The summed E-state index contributed by atoms with van der Waals surface area (Å²) in [4.78, 5) is 12.5. The second-order valence-electron chi connectivity index (χ2n) is 7.74. The van der Waals surface area contributed by atoms with Crippen molar-refractivity contribution in [3.63, 3.8) is 0 Å². The summed E-state index contributed by atoms with van der Waals surface area (Å²) in [7, 11) is 1.61. The first kappa shape index (κ1) is 21.7. The lowest BCUT2D eigenvalue weighted by atomic mass is 9.99. The summed E-state index contributed by atoms with van der Waals surface area (Å²) in [6.07, 6.45) is 3.35. The number of carbonyl (C=O) groups is 1. The van der Waals surface area contributed by atoms with Crippen molar-refractivity contribution in [3.8, 4) is 16.9 Å². The van der Waals surface area contributed by atoms with Crippen LogP contribution in [0.1, 0.15) is 23.6 Å². The van der Waals surface area contributed by atoms with E-state index in [1.54, 1.807) is 31.6 Å². The first-order valence-corrected chi connectivity index (χ1v) is 10.7. The van der Waals surface area contributed by atoms with Crippen LogP contribution in [0.4, 0.5) is 0 Å². The van der Waals surface area contributed by atoms with Crippen molar-refractivity contribution in [2.75, 3.05) is 7.11 Å². The fraction of sp³-hybridized carbons (Fsp3) is 0.148. The van der Waals surface area contributed by atoms with Gasteiger partial charge in [-0.15, -0.1) is 0 Å². The summed E-state index contributed by atoms with van der Waals surface area (Å²) in [5.41, 5.74) is 6.64. The highest BCUT2D eigenvalue weighted by Gasteiger charge is 2.15. The minimum Gasteiger partial charge on any atom is -0.496 e. The molecule has 0 spiro atoms. The molecule has 1 N–H and O–H groups in total. The van der Waals surface area contributed by atoms with Crippen LogP contribution in [0, 0.1) is 6.92 Å². The summed E-state index contributed by atoms with van der Waals surface area (Å²) < 4.78 is 11.4. The fourth-order valence-electron chi connectivity index (χ4n) is 3.61. The highest BCUT2D eigenvalue weighted by Crippen LogP contribution is 2.37. The molecule has 0 fully saturated rings. The van der Waals surface area contributed by atoms with E-state index in [2.05, 4.69) is 36.5 Å². The Morgan fingerprint density at radius 1 is 1.09 bits per heavy atom. The van der Waals surface area contributed by atoms with E-state index in [0.717, 1.165) is 38.8 Å². The van der Waals surface area contributed by atoms with Gasteiger partial charge in [-0.1, -0.05) is 53.6 Å². The van der Waals surface area contributed by atoms with Crippen molar-refractivity contribution >= 4 is 34.1 Å². The number of rotatable bonds is 6. The van der Waals surface area contributed by atoms with Gasteiger partial charge < -0.3 is 14.5 Å². The molecule has 0 aliphatic rings. The zero-order valence-electron chi connectivity index (χ0n) is 18.2. The Kier molecular flexibility index (Phi) is 6.33. The third-order valence-corrected chi connectivity index (χ3v) is 5.66. The van der Waals surface area contributed by atoms with Crippen LogP contribution in [-0.2, 0) is 11.3 Å². The smallest absolute Gasteiger partial charge is 0.244 e. The van der Waals surface area contributed by atoms with E-state index in [1.807, 2.05) is 31.2 Å². The number of allylic oxidation sites excluding steroid dienone is 1. The van der Waals surface area contributed by atoms with Crippen molar-refractivity contribution < 1.29 is 13.9 Å². The number of furan rings is 1. The predicted octanol–water partition coefficient (Wildman–Crippen LogP) is 6.79. The Morgan fingerprint density at radius 3 is 2.50 bits per heavy atom. The number of hydrogen-bond donors (Lipinski definition) is 1. The van der Waals surface area contributed by atoms with Gasteiger partial charge in [0, 0.05) is 40.2 Å². The Bertz CT molecular complexity index is 1290. The zero-order valence-corrected chi connectivity index (χ0v) is 19.0. The van der Waals surface area contributed by atoms with Crippen LogP contribution in [0.25, 0.3) is 27.7 Å². The van der Waals surface area contributed by atoms with Gasteiger partial charge in [-0.2, -0.15) is 0 Å². The molecule has 3 aromatic carbocycles. The Labute approximate surface area is 192 Å². The molecular formula is C27H24ClNO3. The zero-order chi connectivity index (χ0) is 22.7. The van der Waals surface area contributed by atoms with E-state index in [9.17, 15) is 4.79 Å². The average molecular weight is 446 g/mol. The molecule has 0 aliphatic carbocycles. The molecule has 5 heteroatoms. The number of aryl methyl sites for hydroxylation is 1. The molecule has 4 nitrogen and oxygen atoms in total. The molecule has 0 bridgehead atoms. The first-order chi connectivity index (χ1) is 15.4. The Balaban J connectivity index is 1.62. The van der Waals surface area contributed by atoms with Gasteiger partial charge >= 0.3 is 0 Å². The van der Waals surface area contributed by atoms with Crippen LogP contribution < -0.4 is 10.1 Å². The normalized spacial score (nSPS) is 11.6. The number of methoxy groups -OCH3 is 1. The minimum absolute atomic E-state index is 0.175. The van der Waals surface area contributed by atoms with Crippen molar-refractivity contribution in [1.29, 1.82) is 0 Å². The molecule has 0 aliphatic heterocycles. The van der Waals surface area contributed by atoms with Gasteiger partial charge in [0.05, 0.1) is 13.4 Å². The van der Waals surface area contributed by atoms with Gasteiger partial charge in [-0.25, -0.2) is 0 Å². The van der Waals surface area contributed by atoms with E-state index in [0.29, 0.717) is 17.3 Å². The lowest BCUT2D eigenvalue weighted by molar-refractivity contribution is -0.116. The summed E-state index contributed by atoms with van der Waals surface area (Å²) in [5, 5.41) is 4.55. The highest BCUT2D eigenvalue weighted by molar-refractivity contribution is 6.30. The second kappa shape index (κ2) is 9.33. The van der Waals surface area contributed by atoms with Gasteiger partial charge in [-0.3, -0.25) is 4.79 Å². The van der Waals surface area contributed by atoms with E-state index < -0.39 is 0 Å². The van der Waals surface area contributed by atoms with Crippen LogP contribution in [0.5, 0.6) is 5.75 Å². The molecule has 1 heterocycles. The minimum atomic E-state index is -0.175. The number of hydrogen-bond acceptors (Lipinski definition) is 3. The number of benzene rings is 3. The summed E-state index contributed by atoms with van der Waals surface area (Å²) in [5.74, 6) is 0.479. The molecule has 4 rings (SSSR count). The third kappa shape index (κ3) is 4.71. The van der Waals surface area contributed by atoms with E-state index in [-0.39, 0.29) is 5.91 Å². The fourth-order valence-corrected chi connectivity index (χ4v) is 3.73. The van der Waals surface area contributed by atoms with E-state index >= 15 is 0 Å². The van der Waals surface area contributed by atoms with Gasteiger partial charge in [-0.05, 0) is 48.7 Å². The molecular weight excluding hydrogens is 422 g/mol. The maximum Gasteiger partial charge on any atom is 0.244 e. The van der Waals surface area contributed by atoms with Crippen LogP contribution in [0.2, 0.25) is 5.02 Å². The number of carbonyl (C=O) groups excluding carboxylic acids is 1. The molecule has 32 heavy (non-hydrogen) atoms. The molecule has 0 unspecified atom stereocenters. The second-order valence-corrected chi connectivity index (χ2v) is 8.17. The van der Waals surface area contributed by atoms with E-state index in [1.165, 1.54) is 5.56 Å². The Hall–Kier alpha value is -3.50. The lowest BCUT2D eigenvalue weighted by Gasteiger charge is -2.10. The highest BCUT2D eigenvalue weighted by atomic mass is 35.5. The number of halogens is 1. The average Bonchev–Trinajstić information content (AvgIpc) is 3.21. The van der Waals surface area contributed by atoms with Crippen LogP contribution in [-0.4, -0.2) is 13.0 Å². The molecule has 4 aromatic rings. The molecule has 1 amide bonds. The molecule has 0 radical (unpaired) electrons. The maximum atomic E-state index is 12.5. The van der Waals surface area contributed by atoms with Crippen LogP contribution in [0.15, 0.2) is 77.4 Å². The van der Waals surface area contributed by atoms with Gasteiger partial charge in [0.1, 0.15) is 11.3 Å². The van der Waals surface area contributed by atoms with Gasteiger partial charge in [0.25, 0.3) is 0 Å². The standard InChI is InChI=1S/C27H24ClNO3/c1-17-4-8-20(9-5-17)24-16-32-26-14-25(31-3)22(13-23(24)26)18(2)12-27(30)29-15-19-6-10-21(28)11-7-19/h4-14,16H,15H2,1-3H3,(H,29,30)/b18-12+. The Morgan fingerprint density at radius 2 is 1.81 bits per heavy atom. The van der Waals surface area contributed by atoms with Crippen LogP contribution in [0.3, 0.4) is 0 Å². The lowest BCUT2D eigenvalue weighted by Crippen LogP contribution is -2.20. The third-order valence-electron chi connectivity index (χ3n) is 5.41. The molecule has 162 valence electrons. The van der Waals surface area contributed by atoms with E-state index in [4.69, 9.17) is 20.8 Å². The number of nitrogens with one attached hydrogen (secondary N) is 1. The monoisotopic (exact) mass is 445 g/mol. The topological polar surface area (TPSA) is 51.5 Å². The molecule has 0 saturated heterocycles. The number of ether oxygens (including phenoxy) is 1. The van der Waals surface area contributed by atoms with Gasteiger partial charge in [0.2, 0.25) is 5.91 Å². The van der Waals surface area contributed by atoms with Crippen molar-refractivity contribution in [1.82, 2.24) is 5.32 Å². The molecule has 1 aromatic heterocycles. The van der Waals surface area contributed by atoms with Crippen molar-refractivity contribution in [2.24, 2.45) is 0 Å². The largest absolute Gasteiger partial charge is 0.496 e. The first-order valence-electron chi connectivity index (χ1n) is 10.3. The summed E-state index contributed by atoms with van der Waals surface area (Å²) >= 11 is 5.91. The summed E-state index contributed by atoms with van der Waals surface area (Å²) in [6.45, 7) is 4.39. The molecule has 0 saturated carbocycles. The SMILES string of the molecule is COc1cc2occ(-c3ccc(C)cc3)c2cc1/C(C)=C/C(=O)NCc1ccc(Cl)cc1. The van der Waals surface area contributed by atoms with Crippen LogP contribution >= 0.6 is 11.6 Å². The number of amides is 1. The predicted molar refractivity (Wildman–Crippen MR) is 130 cm³/mol. The molecule has 0 atom stereocenters. The quantitative estimate of drug-likeness (QED) is 0.332.